The molecule has 0 radical (unpaired) electrons. The first kappa shape index (κ1) is 14.4. The van der Waals surface area contributed by atoms with Gasteiger partial charge >= 0.3 is 0 Å². The second-order valence-electron chi connectivity index (χ2n) is 5.63. The van der Waals surface area contributed by atoms with Crippen molar-refractivity contribution in [1.82, 2.24) is 5.32 Å². The first-order valence-corrected chi connectivity index (χ1v) is 7.74. The molecule has 1 unspecified atom stereocenters. The molecule has 1 amide bonds. The van der Waals surface area contributed by atoms with E-state index in [0.29, 0.717) is 18.8 Å². The van der Waals surface area contributed by atoms with E-state index in [4.69, 9.17) is 5.73 Å². The Balaban J connectivity index is 2.57. The molecule has 0 aliphatic carbocycles. The lowest BCUT2D eigenvalue weighted by Crippen LogP contribution is -2.53. The number of carbonyl (C=O) groups excluding carboxylic acids is 1. The van der Waals surface area contributed by atoms with Crippen LogP contribution in [0.1, 0.15) is 33.6 Å². The van der Waals surface area contributed by atoms with E-state index in [-0.39, 0.29) is 17.4 Å². The van der Waals surface area contributed by atoms with E-state index in [0.717, 1.165) is 0 Å². The Morgan fingerprint density at radius 1 is 1.47 bits per heavy atom. The highest BCUT2D eigenvalue weighted by molar-refractivity contribution is 7.91. The summed E-state index contributed by atoms with van der Waals surface area (Å²) in [6.07, 6.45) is 1.07. The summed E-state index contributed by atoms with van der Waals surface area (Å²) in [7, 11) is -3.00. The number of carbonyl (C=O) groups is 1. The molecule has 1 aliphatic rings. The Bertz CT molecular complexity index is 392. The van der Waals surface area contributed by atoms with E-state index < -0.39 is 21.4 Å². The number of hydrogen-bond donors (Lipinski definition) is 2. The van der Waals surface area contributed by atoms with Crippen molar-refractivity contribution in [2.24, 2.45) is 11.7 Å². The van der Waals surface area contributed by atoms with Gasteiger partial charge in [-0.25, -0.2) is 8.42 Å². The van der Waals surface area contributed by atoms with Crippen LogP contribution in [0.4, 0.5) is 0 Å². The number of nitrogens with one attached hydrogen (secondary N) is 1. The average molecular weight is 262 g/mol. The van der Waals surface area contributed by atoms with Crippen LogP contribution in [-0.2, 0) is 14.6 Å². The molecule has 100 valence electrons. The molecule has 0 spiro atoms. The standard InChI is InChI=1S/C11H22N2O3S/c1-8(2)6-9(12)10(14)13-11(3)4-5-17(15,16)7-11/h8-9H,4-7,12H2,1-3H3,(H,13,14)/t9-,11?/m0/s1. The van der Waals surface area contributed by atoms with Crippen LogP contribution >= 0.6 is 0 Å². The van der Waals surface area contributed by atoms with E-state index >= 15 is 0 Å². The van der Waals surface area contributed by atoms with Crippen LogP contribution < -0.4 is 11.1 Å². The lowest BCUT2D eigenvalue weighted by atomic mass is 9.99. The summed E-state index contributed by atoms with van der Waals surface area (Å²) in [4.78, 5) is 11.8. The van der Waals surface area contributed by atoms with Gasteiger partial charge < -0.3 is 11.1 Å². The maximum atomic E-state index is 11.8. The van der Waals surface area contributed by atoms with Crippen molar-refractivity contribution >= 4 is 15.7 Å². The molecule has 0 aromatic heterocycles. The van der Waals surface area contributed by atoms with Crippen molar-refractivity contribution in [2.45, 2.75) is 45.2 Å². The minimum Gasteiger partial charge on any atom is -0.349 e. The molecule has 1 heterocycles. The van der Waals surface area contributed by atoms with Crippen LogP contribution in [0.3, 0.4) is 0 Å². The van der Waals surface area contributed by atoms with E-state index in [1.807, 2.05) is 13.8 Å². The fraction of sp³-hybridized carbons (Fsp3) is 0.909. The summed E-state index contributed by atoms with van der Waals surface area (Å²) in [5, 5.41) is 2.77. The van der Waals surface area contributed by atoms with Gasteiger partial charge in [-0.15, -0.1) is 0 Å². The first-order valence-electron chi connectivity index (χ1n) is 5.92. The van der Waals surface area contributed by atoms with Crippen LogP contribution in [-0.4, -0.2) is 37.4 Å². The third-order valence-electron chi connectivity index (χ3n) is 2.99. The molecule has 1 rings (SSSR count). The van der Waals surface area contributed by atoms with Gasteiger partial charge in [0, 0.05) is 0 Å². The highest BCUT2D eigenvalue weighted by Gasteiger charge is 2.40. The summed E-state index contributed by atoms with van der Waals surface area (Å²) in [5.41, 5.74) is 5.11. The van der Waals surface area contributed by atoms with Crippen LogP contribution in [0.15, 0.2) is 0 Å². The van der Waals surface area contributed by atoms with Crippen molar-refractivity contribution in [1.29, 1.82) is 0 Å². The molecule has 0 saturated carbocycles. The minimum atomic E-state index is -3.00. The molecular weight excluding hydrogens is 240 g/mol. The monoisotopic (exact) mass is 262 g/mol. The molecular formula is C11H22N2O3S. The third-order valence-corrected chi connectivity index (χ3v) is 4.89. The molecule has 0 aromatic carbocycles. The van der Waals surface area contributed by atoms with Gasteiger partial charge in [-0.2, -0.15) is 0 Å². The summed E-state index contributed by atoms with van der Waals surface area (Å²) in [6.45, 7) is 5.75. The summed E-state index contributed by atoms with van der Waals surface area (Å²) < 4.78 is 22.8. The number of nitrogens with two attached hydrogens (primary N) is 1. The second-order valence-corrected chi connectivity index (χ2v) is 7.81. The van der Waals surface area contributed by atoms with Crippen LogP contribution in [0.5, 0.6) is 0 Å². The molecule has 0 aromatic rings. The molecule has 1 saturated heterocycles. The number of rotatable bonds is 4. The van der Waals surface area contributed by atoms with Gasteiger partial charge in [-0.1, -0.05) is 13.8 Å². The molecule has 17 heavy (non-hydrogen) atoms. The SMILES string of the molecule is CC(C)C[C@H](N)C(=O)NC1(C)CCS(=O)(=O)C1. The Kier molecular flexibility index (Phi) is 4.19. The van der Waals surface area contributed by atoms with E-state index in [2.05, 4.69) is 5.32 Å². The number of hydrogen-bond acceptors (Lipinski definition) is 4. The van der Waals surface area contributed by atoms with Crippen molar-refractivity contribution in [3.63, 3.8) is 0 Å². The quantitative estimate of drug-likeness (QED) is 0.749. The Hall–Kier alpha value is -0.620. The van der Waals surface area contributed by atoms with Gasteiger partial charge in [-0.05, 0) is 25.7 Å². The smallest absolute Gasteiger partial charge is 0.237 e. The maximum Gasteiger partial charge on any atom is 0.237 e. The number of sulfone groups is 1. The Labute approximate surface area is 103 Å². The van der Waals surface area contributed by atoms with E-state index in [9.17, 15) is 13.2 Å². The van der Waals surface area contributed by atoms with Crippen LogP contribution in [0.2, 0.25) is 0 Å². The second kappa shape index (κ2) is 4.94. The van der Waals surface area contributed by atoms with Crippen molar-refractivity contribution < 1.29 is 13.2 Å². The van der Waals surface area contributed by atoms with E-state index in [1.54, 1.807) is 6.92 Å². The lowest BCUT2D eigenvalue weighted by Gasteiger charge is -2.26. The van der Waals surface area contributed by atoms with E-state index in [1.165, 1.54) is 0 Å². The molecule has 5 nitrogen and oxygen atoms in total. The van der Waals surface area contributed by atoms with Crippen molar-refractivity contribution in [2.75, 3.05) is 11.5 Å². The molecule has 2 atom stereocenters. The Morgan fingerprint density at radius 3 is 2.47 bits per heavy atom. The number of amides is 1. The van der Waals surface area contributed by atoms with Crippen molar-refractivity contribution in [3.05, 3.63) is 0 Å². The summed E-state index contributed by atoms with van der Waals surface area (Å²) in [5.74, 6) is 0.248. The molecule has 1 fully saturated rings. The molecule has 6 heteroatoms. The van der Waals surface area contributed by atoms with Crippen molar-refractivity contribution in [3.8, 4) is 0 Å². The maximum absolute atomic E-state index is 11.8. The van der Waals surface area contributed by atoms with Gasteiger partial charge in [0.05, 0.1) is 23.1 Å². The minimum absolute atomic E-state index is 0.0140. The summed E-state index contributed by atoms with van der Waals surface area (Å²) in [6, 6.07) is -0.560. The fourth-order valence-electron chi connectivity index (χ4n) is 2.11. The highest BCUT2D eigenvalue weighted by atomic mass is 32.2. The third kappa shape index (κ3) is 4.27. The zero-order valence-electron chi connectivity index (χ0n) is 10.7. The lowest BCUT2D eigenvalue weighted by molar-refractivity contribution is -0.124. The molecule has 1 aliphatic heterocycles. The normalized spacial score (nSPS) is 29.2. The van der Waals surface area contributed by atoms with Gasteiger partial charge in [-0.3, -0.25) is 4.79 Å². The average Bonchev–Trinajstić information content (AvgIpc) is 2.39. The van der Waals surface area contributed by atoms with Crippen LogP contribution in [0, 0.1) is 5.92 Å². The van der Waals surface area contributed by atoms with Gasteiger partial charge in [0.25, 0.3) is 0 Å². The first-order chi connectivity index (χ1) is 7.64. The predicted octanol–water partition coefficient (Wildman–Crippen LogP) is 0.0532. The zero-order chi connectivity index (χ0) is 13.3. The summed E-state index contributed by atoms with van der Waals surface area (Å²) >= 11 is 0. The predicted molar refractivity (Wildman–Crippen MR) is 67.2 cm³/mol. The molecule has 3 N–H and O–H groups in total. The van der Waals surface area contributed by atoms with Gasteiger partial charge in [0.1, 0.15) is 0 Å². The zero-order valence-corrected chi connectivity index (χ0v) is 11.5. The topological polar surface area (TPSA) is 89.3 Å². The van der Waals surface area contributed by atoms with Gasteiger partial charge in [0.2, 0.25) is 5.91 Å². The van der Waals surface area contributed by atoms with Gasteiger partial charge in [0.15, 0.2) is 9.84 Å². The largest absolute Gasteiger partial charge is 0.349 e. The molecule has 0 bridgehead atoms. The fourth-order valence-corrected chi connectivity index (χ4v) is 4.21. The highest BCUT2D eigenvalue weighted by Crippen LogP contribution is 2.23. The Morgan fingerprint density at radius 2 is 2.06 bits per heavy atom. The van der Waals surface area contributed by atoms with Crippen LogP contribution in [0.25, 0.3) is 0 Å².